The van der Waals surface area contributed by atoms with Gasteiger partial charge in [0.05, 0.1) is 0 Å². The van der Waals surface area contributed by atoms with E-state index in [1.165, 1.54) is 5.57 Å². The first-order chi connectivity index (χ1) is 4.31. The summed E-state index contributed by atoms with van der Waals surface area (Å²) < 4.78 is 0. The van der Waals surface area contributed by atoms with E-state index in [1.807, 2.05) is 14.1 Å². The maximum atomic E-state index is 3.08. The molecule has 2 nitrogen and oxygen atoms in total. The highest BCUT2D eigenvalue weighted by Gasteiger charge is 1.82. The number of nitrogens with one attached hydrogen (secondary N) is 2. The molecule has 2 heteroatoms. The third kappa shape index (κ3) is 5.53. The van der Waals surface area contributed by atoms with Crippen LogP contribution in [0.1, 0.15) is 6.92 Å². The molecule has 0 spiro atoms. The lowest BCUT2D eigenvalue weighted by atomic mass is 10.3. The molecule has 0 aliphatic rings. The van der Waals surface area contributed by atoms with Gasteiger partial charge in [-0.2, -0.15) is 0 Å². The maximum absolute atomic E-state index is 3.08. The van der Waals surface area contributed by atoms with Gasteiger partial charge in [0.1, 0.15) is 0 Å². The van der Waals surface area contributed by atoms with Crippen LogP contribution in [-0.4, -0.2) is 27.2 Å². The molecule has 0 radical (unpaired) electrons. The molecule has 0 fully saturated rings. The van der Waals surface area contributed by atoms with Gasteiger partial charge in [-0.3, -0.25) is 0 Å². The molecule has 9 heavy (non-hydrogen) atoms. The second-order valence-electron chi connectivity index (χ2n) is 2.14. The molecule has 0 saturated carbocycles. The Morgan fingerprint density at radius 2 is 2.00 bits per heavy atom. The highest BCUT2D eigenvalue weighted by molar-refractivity contribution is 5.00. The minimum atomic E-state index is 0.966. The Hall–Kier alpha value is -0.340. The molecule has 0 saturated heterocycles. The number of likely N-dealkylation sites (N-methyl/N-ethyl adjacent to an activating group) is 2. The third-order valence-electron chi connectivity index (χ3n) is 1.11. The summed E-state index contributed by atoms with van der Waals surface area (Å²) in [6.45, 7) is 4.07. The number of hydrogen-bond donors (Lipinski definition) is 2. The fourth-order valence-corrected chi connectivity index (χ4v) is 0.627. The van der Waals surface area contributed by atoms with Gasteiger partial charge < -0.3 is 10.6 Å². The van der Waals surface area contributed by atoms with Crippen LogP contribution in [0.5, 0.6) is 0 Å². The van der Waals surface area contributed by atoms with E-state index in [0.29, 0.717) is 0 Å². The van der Waals surface area contributed by atoms with Crippen molar-refractivity contribution < 1.29 is 0 Å². The molecule has 0 aromatic heterocycles. The van der Waals surface area contributed by atoms with Gasteiger partial charge in [0.2, 0.25) is 0 Å². The van der Waals surface area contributed by atoms with Crippen LogP contribution in [0.4, 0.5) is 0 Å². The lowest BCUT2D eigenvalue weighted by molar-refractivity contribution is 0.857. The van der Waals surface area contributed by atoms with E-state index in [0.717, 1.165) is 13.1 Å². The minimum absolute atomic E-state index is 0.966. The van der Waals surface area contributed by atoms with E-state index >= 15 is 0 Å². The molecule has 54 valence electrons. The first-order valence-electron chi connectivity index (χ1n) is 3.26. The van der Waals surface area contributed by atoms with Crippen molar-refractivity contribution in [2.75, 3.05) is 27.2 Å². The van der Waals surface area contributed by atoms with Crippen molar-refractivity contribution >= 4 is 0 Å². The second-order valence-corrected chi connectivity index (χ2v) is 2.14. The second kappa shape index (κ2) is 5.79. The Bertz CT molecular complexity index is 86.9. The van der Waals surface area contributed by atoms with Gasteiger partial charge in [0.25, 0.3) is 0 Å². The van der Waals surface area contributed by atoms with Gasteiger partial charge >= 0.3 is 0 Å². The van der Waals surface area contributed by atoms with E-state index in [1.54, 1.807) is 0 Å². The van der Waals surface area contributed by atoms with Gasteiger partial charge in [0, 0.05) is 13.1 Å². The molecule has 0 heterocycles. The van der Waals surface area contributed by atoms with E-state index in [4.69, 9.17) is 0 Å². The highest BCUT2D eigenvalue weighted by Crippen LogP contribution is 1.85. The Labute approximate surface area is 57.3 Å². The molecular weight excluding hydrogens is 112 g/mol. The predicted octanol–water partition coefficient (Wildman–Crippen LogP) is 0.371. The zero-order chi connectivity index (χ0) is 7.11. The van der Waals surface area contributed by atoms with Gasteiger partial charge in [0.15, 0.2) is 0 Å². The summed E-state index contributed by atoms with van der Waals surface area (Å²) in [6.07, 6.45) is 2.18. The van der Waals surface area contributed by atoms with Gasteiger partial charge in [-0.15, -0.1) is 0 Å². The zero-order valence-electron chi connectivity index (χ0n) is 6.49. The van der Waals surface area contributed by atoms with Crippen molar-refractivity contribution in [1.82, 2.24) is 10.6 Å². The monoisotopic (exact) mass is 128 g/mol. The van der Waals surface area contributed by atoms with Crippen LogP contribution in [0, 0.1) is 0 Å². The molecule has 0 aromatic carbocycles. The fraction of sp³-hybridized carbons (Fsp3) is 0.714. The molecule has 0 rings (SSSR count). The van der Waals surface area contributed by atoms with Crippen LogP contribution in [0.3, 0.4) is 0 Å². The van der Waals surface area contributed by atoms with Crippen molar-refractivity contribution in [3.05, 3.63) is 11.6 Å². The van der Waals surface area contributed by atoms with Crippen molar-refractivity contribution in [3.8, 4) is 0 Å². The Morgan fingerprint density at radius 1 is 1.33 bits per heavy atom. The van der Waals surface area contributed by atoms with E-state index in [-0.39, 0.29) is 0 Å². The van der Waals surface area contributed by atoms with Crippen LogP contribution >= 0.6 is 0 Å². The summed E-state index contributed by atoms with van der Waals surface area (Å²) in [4.78, 5) is 0. The first kappa shape index (κ1) is 8.66. The lowest BCUT2D eigenvalue weighted by Gasteiger charge is -1.97. The number of rotatable bonds is 4. The van der Waals surface area contributed by atoms with Gasteiger partial charge in [-0.05, 0) is 21.0 Å². The SMILES string of the molecule is CNC/C=C(/C)CNC. The average Bonchev–Trinajstić information content (AvgIpc) is 1.85. The summed E-state index contributed by atoms with van der Waals surface area (Å²) in [6, 6.07) is 0. The standard InChI is InChI=1S/C7H16N2/c1-7(6-9-3)4-5-8-2/h4,8-9H,5-6H2,1-3H3/b7-4-. The molecule has 0 amide bonds. The minimum Gasteiger partial charge on any atom is -0.316 e. The third-order valence-corrected chi connectivity index (χ3v) is 1.11. The first-order valence-corrected chi connectivity index (χ1v) is 3.26. The van der Waals surface area contributed by atoms with Crippen LogP contribution in [-0.2, 0) is 0 Å². The highest BCUT2D eigenvalue weighted by atomic mass is 14.8. The summed E-state index contributed by atoms with van der Waals surface area (Å²) in [5.41, 5.74) is 1.38. The Balaban J connectivity index is 3.30. The van der Waals surface area contributed by atoms with Crippen LogP contribution in [0.15, 0.2) is 11.6 Å². The molecule has 0 bridgehead atoms. The Morgan fingerprint density at radius 3 is 2.44 bits per heavy atom. The lowest BCUT2D eigenvalue weighted by Crippen LogP contribution is -2.11. The normalized spacial score (nSPS) is 12.1. The molecule has 0 atom stereocenters. The molecule has 2 N–H and O–H groups in total. The van der Waals surface area contributed by atoms with Crippen molar-refractivity contribution in [2.45, 2.75) is 6.92 Å². The van der Waals surface area contributed by atoms with Crippen LogP contribution in [0.25, 0.3) is 0 Å². The summed E-state index contributed by atoms with van der Waals surface area (Å²) >= 11 is 0. The van der Waals surface area contributed by atoms with Gasteiger partial charge in [-0.25, -0.2) is 0 Å². The summed E-state index contributed by atoms with van der Waals surface area (Å²) in [7, 11) is 3.90. The smallest absolute Gasteiger partial charge is 0.0159 e. The summed E-state index contributed by atoms with van der Waals surface area (Å²) in [5, 5.41) is 6.13. The van der Waals surface area contributed by atoms with E-state index < -0.39 is 0 Å². The van der Waals surface area contributed by atoms with E-state index in [2.05, 4.69) is 23.6 Å². The van der Waals surface area contributed by atoms with Crippen LogP contribution in [0.2, 0.25) is 0 Å². The summed E-state index contributed by atoms with van der Waals surface area (Å²) in [5.74, 6) is 0. The molecule has 0 aliphatic carbocycles. The van der Waals surface area contributed by atoms with Crippen molar-refractivity contribution in [3.63, 3.8) is 0 Å². The fourth-order valence-electron chi connectivity index (χ4n) is 0.627. The predicted molar refractivity (Wildman–Crippen MR) is 41.6 cm³/mol. The molecule has 0 aliphatic heterocycles. The topological polar surface area (TPSA) is 24.1 Å². The van der Waals surface area contributed by atoms with Gasteiger partial charge in [-0.1, -0.05) is 11.6 Å². The molecular formula is C7H16N2. The average molecular weight is 128 g/mol. The maximum Gasteiger partial charge on any atom is 0.0159 e. The largest absolute Gasteiger partial charge is 0.316 e. The molecule has 0 aromatic rings. The van der Waals surface area contributed by atoms with E-state index in [9.17, 15) is 0 Å². The van der Waals surface area contributed by atoms with Crippen molar-refractivity contribution in [2.24, 2.45) is 0 Å². The Kier molecular flexibility index (Phi) is 5.57. The van der Waals surface area contributed by atoms with Crippen molar-refractivity contribution in [1.29, 1.82) is 0 Å². The molecule has 0 unspecified atom stereocenters. The quantitative estimate of drug-likeness (QED) is 0.535. The van der Waals surface area contributed by atoms with Crippen LogP contribution < -0.4 is 10.6 Å². The number of hydrogen-bond acceptors (Lipinski definition) is 2. The zero-order valence-corrected chi connectivity index (χ0v) is 6.49.